The maximum Gasteiger partial charge on any atom is 0.0756 e. The predicted octanol–water partition coefficient (Wildman–Crippen LogP) is 3.06. The van der Waals surface area contributed by atoms with Crippen LogP contribution in [0.25, 0.3) is 0 Å². The highest BCUT2D eigenvalue weighted by Crippen LogP contribution is 2.32. The Morgan fingerprint density at radius 3 is 2.71 bits per heavy atom. The van der Waals surface area contributed by atoms with Crippen LogP contribution in [-0.4, -0.2) is 22.4 Å². The first-order chi connectivity index (χ1) is 7.91. The van der Waals surface area contributed by atoms with Crippen molar-refractivity contribution in [3.05, 3.63) is 23.3 Å². The van der Waals surface area contributed by atoms with Gasteiger partial charge in [0.1, 0.15) is 0 Å². The summed E-state index contributed by atoms with van der Waals surface area (Å²) in [5.74, 6) is 0.638. The van der Waals surface area contributed by atoms with E-state index in [1.165, 1.54) is 5.57 Å². The molecule has 0 aromatic heterocycles. The van der Waals surface area contributed by atoms with Gasteiger partial charge in [0.25, 0.3) is 0 Å². The quantitative estimate of drug-likeness (QED) is 0.739. The summed E-state index contributed by atoms with van der Waals surface area (Å²) in [4.78, 5) is 0. The van der Waals surface area contributed by atoms with Gasteiger partial charge in [0.15, 0.2) is 0 Å². The Kier molecular flexibility index (Phi) is 5.41. The molecule has 0 saturated heterocycles. The molecule has 17 heavy (non-hydrogen) atoms. The molecule has 0 spiro atoms. The third-order valence-electron chi connectivity index (χ3n) is 3.80. The van der Waals surface area contributed by atoms with E-state index in [0.717, 1.165) is 18.4 Å². The lowest BCUT2D eigenvalue weighted by Crippen LogP contribution is -2.34. The molecule has 2 heteroatoms. The monoisotopic (exact) mass is 238 g/mol. The van der Waals surface area contributed by atoms with Crippen molar-refractivity contribution < 1.29 is 10.2 Å². The Labute approximate surface area is 105 Å². The minimum atomic E-state index is -0.389. The summed E-state index contributed by atoms with van der Waals surface area (Å²) < 4.78 is 0. The van der Waals surface area contributed by atoms with Crippen molar-refractivity contribution in [3.63, 3.8) is 0 Å². The highest BCUT2D eigenvalue weighted by atomic mass is 16.3. The summed E-state index contributed by atoms with van der Waals surface area (Å²) >= 11 is 0. The largest absolute Gasteiger partial charge is 0.389 e. The zero-order chi connectivity index (χ0) is 13.0. The van der Waals surface area contributed by atoms with Crippen LogP contribution in [0.4, 0.5) is 0 Å². The molecule has 1 aliphatic rings. The third-order valence-corrected chi connectivity index (χ3v) is 3.80. The third kappa shape index (κ3) is 4.29. The zero-order valence-electron chi connectivity index (χ0n) is 11.5. The first-order valence-corrected chi connectivity index (χ1v) is 6.59. The van der Waals surface area contributed by atoms with Crippen LogP contribution in [0.15, 0.2) is 23.3 Å². The SMILES string of the molecule is CC(C)=CCC[C@H](C)[C@H]1C[C@H](O)C(C)=C[C@@H]1O. The zero-order valence-corrected chi connectivity index (χ0v) is 11.5. The van der Waals surface area contributed by atoms with E-state index >= 15 is 0 Å². The molecular weight excluding hydrogens is 212 g/mol. The molecule has 0 unspecified atom stereocenters. The summed E-state index contributed by atoms with van der Waals surface area (Å²) in [5, 5.41) is 19.9. The van der Waals surface area contributed by atoms with E-state index in [1.54, 1.807) is 0 Å². The highest BCUT2D eigenvalue weighted by molar-refractivity contribution is 5.13. The van der Waals surface area contributed by atoms with Crippen molar-refractivity contribution in [2.24, 2.45) is 11.8 Å². The Bertz CT molecular complexity index is 300. The molecule has 0 fully saturated rings. The number of hydrogen-bond donors (Lipinski definition) is 2. The normalized spacial score (nSPS) is 30.7. The van der Waals surface area contributed by atoms with Crippen LogP contribution in [0.5, 0.6) is 0 Å². The molecule has 98 valence electrons. The second-order valence-corrected chi connectivity index (χ2v) is 5.65. The van der Waals surface area contributed by atoms with Crippen LogP contribution in [-0.2, 0) is 0 Å². The van der Waals surface area contributed by atoms with Crippen molar-refractivity contribution in [1.29, 1.82) is 0 Å². The van der Waals surface area contributed by atoms with Crippen molar-refractivity contribution in [3.8, 4) is 0 Å². The van der Waals surface area contributed by atoms with Crippen LogP contribution < -0.4 is 0 Å². The van der Waals surface area contributed by atoms with Gasteiger partial charge in [-0.1, -0.05) is 24.6 Å². The minimum Gasteiger partial charge on any atom is -0.389 e. The fourth-order valence-corrected chi connectivity index (χ4v) is 2.51. The van der Waals surface area contributed by atoms with E-state index < -0.39 is 0 Å². The maximum atomic E-state index is 10.0. The maximum absolute atomic E-state index is 10.0. The minimum absolute atomic E-state index is 0.194. The topological polar surface area (TPSA) is 40.5 Å². The van der Waals surface area contributed by atoms with E-state index in [0.29, 0.717) is 12.3 Å². The summed E-state index contributed by atoms with van der Waals surface area (Å²) in [7, 11) is 0. The van der Waals surface area contributed by atoms with E-state index in [2.05, 4.69) is 26.8 Å². The predicted molar refractivity (Wildman–Crippen MR) is 71.7 cm³/mol. The average Bonchev–Trinajstić information content (AvgIpc) is 2.22. The van der Waals surface area contributed by atoms with Crippen LogP contribution in [0.1, 0.15) is 47.0 Å². The van der Waals surface area contributed by atoms with Gasteiger partial charge in [-0.05, 0) is 57.4 Å². The van der Waals surface area contributed by atoms with Gasteiger partial charge in [-0.2, -0.15) is 0 Å². The molecule has 4 atom stereocenters. The summed E-state index contributed by atoms with van der Waals surface area (Å²) in [5.41, 5.74) is 2.25. The number of hydrogen-bond acceptors (Lipinski definition) is 2. The highest BCUT2D eigenvalue weighted by Gasteiger charge is 2.30. The second kappa shape index (κ2) is 6.36. The molecule has 2 nitrogen and oxygen atoms in total. The van der Waals surface area contributed by atoms with Gasteiger partial charge >= 0.3 is 0 Å². The van der Waals surface area contributed by atoms with Gasteiger partial charge < -0.3 is 10.2 Å². The van der Waals surface area contributed by atoms with Crippen LogP contribution in [0, 0.1) is 11.8 Å². The number of aliphatic hydroxyl groups excluding tert-OH is 2. The van der Waals surface area contributed by atoms with Crippen LogP contribution in [0.3, 0.4) is 0 Å². The van der Waals surface area contributed by atoms with Gasteiger partial charge in [-0.25, -0.2) is 0 Å². The molecule has 2 N–H and O–H groups in total. The molecule has 0 amide bonds. The molecule has 0 aromatic rings. The van der Waals surface area contributed by atoms with E-state index in [4.69, 9.17) is 0 Å². The molecule has 0 aliphatic heterocycles. The first-order valence-electron chi connectivity index (χ1n) is 6.59. The summed E-state index contributed by atoms with van der Waals surface area (Å²) in [6.07, 6.45) is 6.13. The Morgan fingerprint density at radius 1 is 1.47 bits per heavy atom. The molecule has 1 rings (SSSR count). The van der Waals surface area contributed by atoms with Crippen LogP contribution >= 0.6 is 0 Å². The van der Waals surface area contributed by atoms with Crippen LogP contribution in [0.2, 0.25) is 0 Å². The van der Waals surface area contributed by atoms with Gasteiger partial charge in [0, 0.05) is 0 Å². The van der Waals surface area contributed by atoms with E-state index in [9.17, 15) is 10.2 Å². The Morgan fingerprint density at radius 2 is 2.12 bits per heavy atom. The van der Waals surface area contributed by atoms with Crippen molar-refractivity contribution in [2.75, 3.05) is 0 Å². The van der Waals surface area contributed by atoms with Gasteiger partial charge in [-0.3, -0.25) is 0 Å². The molecule has 0 radical (unpaired) electrons. The lowest BCUT2D eigenvalue weighted by atomic mass is 9.77. The van der Waals surface area contributed by atoms with E-state index in [-0.39, 0.29) is 18.1 Å². The fraction of sp³-hybridized carbons (Fsp3) is 0.733. The molecule has 1 aliphatic carbocycles. The lowest BCUT2D eigenvalue weighted by Gasteiger charge is -2.33. The molecule has 0 saturated carbocycles. The smallest absolute Gasteiger partial charge is 0.0756 e. The standard InChI is InChI=1S/C15H26O2/c1-10(2)6-5-7-11(3)13-9-14(16)12(4)8-15(13)17/h6,8,11,13-17H,5,7,9H2,1-4H3/t11-,13+,14-,15-/m0/s1. The second-order valence-electron chi connectivity index (χ2n) is 5.65. The number of rotatable bonds is 4. The molecule has 0 bridgehead atoms. The van der Waals surface area contributed by atoms with Crippen molar-refractivity contribution in [2.45, 2.75) is 59.2 Å². The molecule has 0 heterocycles. The summed E-state index contributed by atoms with van der Waals surface area (Å²) in [6.45, 7) is 8.28. The van der Waals surface area contributed by atoms with Gasteiger partial charge in [0.2, 0.25) is 0 Å². The first kappa shape index (κ1) is 14.5. The summed E-state index contributed by atoms with van der Waals surface area (Å²) in [6, 6.07) is 0. The van der Waals surface area contributed by atoms with Gasteiger partial charge in [0.05, 0.1) is 12.2 Å². The Hall–Kier alpha value is -0.600. The number of aliphatic hydroxyl groups is 2. The van der Waals surface area contributed by atoms with Crippen molar-refractivity contribution in [1.82, 2.24) is 0 Å². The van der Waals surface area contributed by atoms with Gasteiger partial charge in [-0.15, -0.1) is 0 Å². The van der Waals surface area contributed by atoms with Crippen molar-refractivity contribution >= 4 is 0 Å². The lowest BCUT2D eigenvalue weighted by molar-refractivity contribution is 0.0543. The molecular formula is C15H26O2. The number of allylic oxidation sites excluding steroid dienone is 2. The van der Waals surface area contributed by atoms with E-state index in [1.807, 2.05) is 13.0 Å². The average molecular weight is 238 g/mol. The fourth-order valence-electron chi connectivity index (χ4n) is 2.51. The Balaban J connectivity index is 2.52. The molecule has 0 aromatic carbocycles.